The van der Waals surface area contributed by atoms with Gasteiger partial charge in [0.05, 0.1) is 5.39 Å². The highest BCUT2D eigenvalue weighted by molar-refractivity contribution is 6.01. The number of nitrogens with zero attached hydrogens (tertiary/aromatic N) is 2. The van der Waals surface area contributed by atoms with E-state index in [2.05, 4.69) is 5.16 Å². The molecule has 0 bridgehead atoms. The minimum Gasteiger partial charge on any atom is -0.370 e. The zero-order valence-corrected chi connectivity index (χ0v) is 14.9. The average molecular weight is 363 g/mol. The maximum atomic E-state index is 13.1. The Balaban J connectivity index is 1.69. The Morgan fingerprint density at radius 2 is 1.96 bits per heavy atom. The number of piperidine rings is 1. The van der Waals surface area contributed by atoms with E-state index >= 15 is 0 Å². The van der Waals surface area contributed by atoms with Crippen molar-refractivity contribution in [3.63, 3.8) is 0 Å². The molecule has 1 saturated heterocycles. The maximum Gasteiger partial charge on any atom is 0.254 e. The predicted molar refractivity (Wildman–Crippen MR) is 102 cm³/mol. The van der Waals surface area contributed by atoms with Crippen LogP contribution in [0.4, 0.5) is 0 Å². The lowest BCUT2D eigenvalue weighted by molar-refractivity contribution is -0.119. The van der Waals surface area contributed by atoms with Crippen LogP contribution in [0.15, 0.2) is 53.1 Å². The van der Waals surface area contributed by atoms with Crippen molar-refractivity contribution in [2.24, 2.45) is 5.73 Å². The van der Waals surface area contributed by atoms with E-state index in [4.69, 9.17) is 10.3 Å². The Hall–Kier alpha value is -3.15. The molecule has 1 aromatic heterocycles. The molecule has 6 nitrogen and oxygen atoms in total. The molecule has 138 valence electrons. The second-order valence-corrected chi connectivity index (χ2v) is 6.93. The molecule has 2 N–H and O–H groups in total. The minimum atomic E-state index is -0.374. The van der Waals surface area contributed by atoms with Crippen LogP contribution in [-0.4, -0.2) is 34.5 Å². The molecule has 2 aromatic carbocycles. The van der Waals surface area contributed by atoms with Crippen molar-refractivity contribution < 1.29 is 14.1 Å². The van der Waals surface area contributed by atoms with Crippen LogP contribution in [0.5, 0.6) is 0 Å². The molecular weight excluding hydrogens is 342 g/mol. The fourth-order valence-electron chi connectivity index (χ4n) is 3.75. The quantitative estimate of drug-likeness (QED) is 0.769. The molecule has 0 saturated carbocycles. The fourth-order valence-corrected chi connectivity index (χ4v) is 3.75. The van der Waals surface area contributed by atoms with Crippen LogP contribution in [0.25, 0.3) is 22.2 Å². The molecule has 2 heterocycles. The Morgan fingerprint density at radius 3 is 2.74 bits per heavy atom. The van der Waals surface area contributed by atoms with Gasteiger partial charge in [0.2, 0.25) is 5.91 Å². The topological polar surface area (TPSA) is 89.4 Å². The van der Waals surface area contributed by atoms with Crippen LogP contribution in [0.2, 0.25) is 0 Å². The first-order valence-corrected chi connectivity index (χ1v) is 9.17. The summed E-state index contributed by atoms with van der Waals surface area (Å²) in [6.45, 7) is 0.643. The van der Waals surface area contributed by atoms with Crippen molar-refractivity contribution in [3.8, 4) is 11.3 Å². The first kappa shape index (κ1) is 17.3. The van der Waals surface area contributed by atoms with Gasteiger partial charge in [-0.25, -0.2) is 0 Å². The number of amides is 2. The Labute approximate surface area is 156 Å². The van der Waals surface area contributed by atoms with Gasteiger partial charge in [-0.2, -0.15) is 0 Å². The molecule has 0 spiro atoms. The molecule has 2 amide bonds. The van der Waals surface area contributed by atoms with Crippen molar-refractivity contribution >= 4 is 22.7 Å². The van der Waals surface area contributed by atoms with Gasteiger partial charge in [-0.15, -0.1) is 0 Å². The molecular formula is C21H21N3O3. The zero-order valence-electron chi connectivity index (χ0n) is 14.9. The van der Waals surface area contributed by atoms with Gasteiger partial charge in [0, 0.05) is 30.1 Å². The van der Waals surface area contributed by atoms with Gasteiger partial charge >= 0.3 is 0 Å². The van der Waals surface area contributed by atoms with E-state index in [9.17, 15) is 9.59 Å². The van der Waals surface area contributed by atoms with E-state index in [1.54, 1.807) is 17.0 Å². The molecule has 3 aromatic rings. The van der Waals surface area contributed by atoms with Crippen molar-refractivity contribution in [2.45, 2.75) is 31.7 Å². The molecule has 1 fully saturated rings. The first-order chi connectivity index (χ1) is 13.1. The molecule has 0 radical (unpaired) electrons. The van der Waals surface area contributed by atoms with Gasteiger partial charge < -0.3 is 15.2 Å². The fraction of sp³-hybridized carbons (Fsp3) is 0.286. The van der Waals surface area contributed by atoms with Crippen molar-refractivity contribution in [3.05, 3.63) is 54.1 Å². The summed E-state index contributed by atoms with van der Waals surface area (Å²) in [4.78, 5) is 26.3. The third-order valence-electron chi connectivity index (χ3n) is 5.08. The maximum absolute atomic E-state index is 13.1. The molecule has 27 heavy (non-hydrogen) atoms. The molecule has 0 unspecified atom stereocenters. The highest BCUT2D eigenvalue weighted by Crippen LogP contribution is 2.30. The van der Waals surface area contributed by atoms with E-state index < -0.39 is 0 Å². The van der Waals surface area contributed by atoms with E-state index in [1.165, 1.54) is 0 Å². The number of benzene rings is 2. The first-order valence-electron chi connectivity index (χ1n) is 9.17. The van der Waals surface area contributed by atoms with E-state index in [0.717, 1.165) is 30.2 Å². The third kappa shape index (κ3) is 3.43. The molecule has 1 aliphatic rings. The van der Waals surface area contributed by atoms with Gasteiger partial charge in [0.15, 0.2) is 5.76 Å². The lowest BCUT2D eigenvalue weighted by Gasteiger charge is -2.35. The van der Waals surface area contributed by atoms with Crippen LogP contribution in [-0.2, 0) is 4.79 Å². The SMILES string of the molecule is NC(=O)C[C@@H]1CCCCN1C(=O)c1ccc2noc(-c3ccccc3)c2c1. The van der Waals surface area contributed by atoms with Crippen LogP contribution < -0.4 is 5.73 Å². The van der Waals surface area contributed by atoms with Crippen LogP contribution >= 0.6 is 0 Å². The second kappa shape index (κ2) is 7.23. The average Bonchev–Trinajstić information content (AvgIpc) is 3.11. The van der Waals surface area contributed by atoms with Crippen molar-refractivity contribution in [1.82, 2.24) is 10.1 Å². The number of likely N-dealkylation sites (tertiary alicyclic amines) is 1. The number of hydrogen-bond donors (Lipinski definition) is 1. The number of nitrogens with two attached hydrogens (primary N) is 1. The standard InChI is InChI=1S/C21H21N3O3/c22-19(25)13-16-8-4-5-11-24(16)21(26)15-9-10-18-17(12-15)20(27-23-18)14-6-2-1-3-7-14/h1-3,6-7,9-10,12,16H,4-5,8,11,13H2,(H2,22,25)/t16-/m0/s1. The molecule has 1 aliphatic heterocycles. The summed E-state index contributed by atoms with van der Waals surface area (Å²) in [7, 11) is 0. The van der Waals surface area contributed by atoms with Gasteiger partial charge in [0.1, 0.15) is 5.52 Å². The summed E-state index contributed by atoms with van der Waals surface area (Å²) in [6, 6.07) is 14.9. The summed E-state index contributed by atoms with van der Waals surface area (Å²) in [5, 5.41) is 4.90. The Morgan fingerprint density at radius 1 is 1.15 bits per heavy atom. The molecule has 1 atom stereocenters. The number of fused-ring (bicyclic) bond motifs is 1. The van der Waals surface area contributed by atoms with E-state index in [-0.39, 0.29) is 24.3 Å². The monoisotopic (exact) mass is 363 g/mol. The van der Waals surface area contributed by atoms with Gasteiger partial charge in [-0.3, -0.25) is 9.59 Å². The summed E-state index contributed by atoms with van der Waals surface area (Å²) < 4.78 is 5.52. The molecule has 0 aliphatic carbocycles. The number of carbonyl (C=O) groups excluding carboxylic acids is 2. The summed E-state index contributed by atoms with van der Waals surface area (Å²) in [5.74, 6) is 0.191. The summed E-state index contributed by atoms with van der Waals surface area (Å²) >= 11 is 0. The van der Waals surface area contributed by atoms with Crippen LogP contribution in [0, 0.1) is 0 Å². The van der Waals surface area contributed by atoms with E-state index in [1.807, 2.05) is 36.4 Å². The third-order valence-corrected chi connectivity index (χ3v) is 5.08. The summed E-state index contributed by atoms with van der Waals surface area (Å²) in [5.41, 5.74) is 7.56. The number of primary amides is 1. The largest absolute Gasteiger partial charge is 0.370 e. The second-order valence-electron chi connectivity index (χ2n) is 6.93. The van der Waals surface area contributed by atoms with Crippen molar-refractivity contribution in [1.29, 1.82) is 0 Å². The van der Waals surface area contributed by atoms with Crippen LogP contribution in [0.1, 0.15) is 36.0 Å². The number of carbonyl (C=O) groups is 2. The van der Waals surface area contributed by atoms with Crippen LogP contribution in [0.3, 0.4) is 0 Å². The number of aromatic nitrogens is 1. The number of hydrogen-bond acceptors (Lipinski definition) is 4. The zero-order chi connectivity index (χ0) is 18.8. The Kier molecular flexibility index (Phi) is 4.62. The molecule has 6 heteroatoms. The predicted octanol–water partition coefficient (Wildman–Crippen LogP) is 3.36. The van der Waals surface area contributed by atoms with Gasteiger partial charge in [-0.1, -0.05) is 35.5 Å². The lowest BCUT2D eigenvalue weighted by Crippen LogP contribution is -2.45. The highest BCUT2D eigenvalue weighted by Gasteiger charge is 2.29. The minimum absolute atomic E-state index is 0.0805. The summed E-state index contributed by atoms with van der Waals surface area (Å²) in [6.07, 6.45) is 2.95. The van der Waals surface area contributed by atoms with E-state index in [0.29, 0.717) is 23.4 Å². The normalized spacial score (nSPS) is 17.2. The highest BCUT2D eigenvalue weighted by atomic mass is 16.5. The Bertz CT molecular complexity index is 981. The smallest absolute Gasteiger partial charge is 0.254 e. The van der Waals surface area contributed by atoms with Crippen molar-refractivity contribution in [2.75, 3.05) is 6.54 Å². The number of rotatable bonds is 4. The van der Waals surface area contributed by atoms with Gasteiger partial charge in [0.25, 0.3) is 5.91 Å². The molecule has 4 rings (SSSR count). The lowest BCUT2D eigenvalue weighted by atomic mass is 9.97. The van der Waals surface area contributed by atoms with Gasteiger partial charge in [-0.05, 0) is 37.5 Å².